The van der Waals surface area contributed by atoms with E-state index in [-0.39, 0.29) is 6.10 Å². The predicted molar refractivity (Wildman–Crippen MR) is 77.9 cm³/mol. The van der Waals surface area contributed by atoms with Gasteiger partial charge in [-0.25, -0.2) is 0 Å². The predicted octanol–water partition coefficient (Wildman–Crippen LogP) is 3.26. The van der Waals surface area contributed by atoms with Crippen LogP contribution >= 0.6 is 0 Å². The topological polar surface area (TPSA) is 30.5 Å². The Labute approximate surface area is 116 Å². The molecule has 0 amide bonds. The van der Waals surface area contributed by atoms with Crippen molar-refractivity contribution in [3.8, 4) is 5.75 Å². The molecule has 0 bridgehead atoms. The molecule has 106 valence electrons. The zero-order valence-electron chi connectivity index (χ0n) is 12.2. The first-order valence-electron chi connectivity index (χ1n) is 7.30. The zero-order chi connectivity index (χ0) is 13.7. The maximum absolute atomic E-state index is 5.87. The Morgan fingerprint density at radius 1 is 1.37 bits per heavy atom. The van der Waals surface area contributed by atoms with Gasteiger partial charge < -0.3 is 14.8 Å². The lowest BCUT2D eigenvalue weighted by molar-refractivity contribution is 0.0262. The lowest BCUT2D eigenvalue weighted by atomic mass is 9.91. The van der Waals surface area contributed by atoms with E-state index in [9.17, 15) is 0 Å². The molecule has 1 heterocycles. The van der Waals surface area contributed by atoms with E-state index >= 15 is 0 Å². The standard InChI is InChI=1S/C16H25NO2/c1-4-12(5-2)13-6-7-15(18-3)14(10-13)16-11-17-8-9-19-16/h6-7,10,12,16-17H,4-5,8-9,11H2,1-3H3. The van der Waals surface area contributed by atoms with Crippen molar-refractivity contribution in [2.45, 2.75) is 38.7 Å². The molecule has 1 aliphatic heterocycles. The summed E-state index contributed by atoms with van der Waals surface area (Å²) >= 11 is 0. The molecule has 1 aliphatic rings. The molecule has 1 N–H and O–H groups in total. The van der Waals surface area contributed by atoms with Crippen LogP contribution in [-0.4, -0.2) is 26.8 Å². The summed E-state index contributed by atoms with van der Waals surface area (Å²) in [5.41, 5.74) is 2.58. The number of hydrogen-bond donors (Lipinski definition) is 1. The van der Waals surface area contributed by atoms with Gasteiger partial charge in [-0.15, -0.1) is 0 Å². The molecule has 1 aromatic carbocycles. The molecule has 0 aliphatic carbocycles. The van der Waals surface area contributed by atoms with Gasteiger partial charge in [-0.05, 0) is 36.5 Å². The van der Waals surface area contributed by atoms with Crippen LogP contribution < -0.4 is 10.1 Å². The third-order valence-corrected chi connectivity index (χ3v) is 3.99. The lowest BCUT2D eigenvalue weighted by Gasteiger charge is -2.26. The van der Waals surface area contributed by atoms with Crippen LogP contribution in [0.2, 0.25) is 0 Å². The maximum atomic E-state index is 5.87. The molecule has 1 saturated heterocycles. The van der Waals surface area contributed by atoms with Gasteiger partial charge in [0.15, 0.2) is 0 Å². The van der Waals surface area contributed by atoms with Gasteiger partial charge in [-0.3, -0.25) is 0 Å². The zero-order valence-corrected chi connectivity index (χ0v) is 12.2. The highest BCUT2D eigenvalue weighted by atomic mass is 16.5. The first-order chi connectivity index (χ1) is 9.30. The summed E-state index contributed by atoms with van der Waals surface area (Å²) in [5.74, 6) is 1.56. The number of ether oxygens (including phenoxy) is 2. The van der Waals surface area contributed by atoms with E-state index in [0.717, 1.165) is 25.4 Å². The summed E-state index contributed by atoms with van der Waals surface area (Å²) in [5, 5.41) is 3.38. The Bertz CT molecular complexity index is 396. The van der Waals surface area contributed by atoms with Gasteiger partial charge in [-0.2, -0.15) is 0 Å². The number of hydrogen-bond acceptors (Lipinski definition) is 3. The number of morpholine rings is 1. The summed E-state index contributed by atoms with van der Waals surface area (Å²) in [7, 11) is 1.73. The van der Waals surface area contributed by atoms with Crippen molar-refractivity contribution in [3.05, 3.63) is 29.3 Å². The van der Waals surface area contributed by atoms with E-state index in [4.69, 9.17) is 9.47 Å². The summed E-state index contributed by atoms with van der Waals surface area (Å²) in [4.78, 5) is 0. The Balaban J connectivity index is 2.29. The first kappa shape index (κ1) is 14.4. The van der Waals surface area contributed by atoms with Gasteiger partial charge >= 0.3 is 0 Å². The van der Waals surface area contributed by atoms with Crippen molar-refractivity contribution in [1.82, 2.24) is 5.32 Å². The molecular formula is C16H25NO2. The van der Waals surface area contributed by atoms with Crippen LogP contribution in [0, 0.1) is 0 Å². The number of nitrogens with one attached hydrogen (secondary N) is 1. The second-order valence-corrected chi connectivity index (χ2v) is 5.08. The van der Waals surface area contributed by atoms with Crippen LogP contribution in [-0.2, 0) is 4.74 Å². The minimum absolute atomic E-state index is 0.109. The molecule has 0 saturated carbocycles. The second kappa shape index (κ2) is 6.92. The van der Waals surface area contributed by atoms with Crippen molar-refractivity contribution in [2.24, 2.45) is 0 Å². The van der Waals surface area contributed by atoms with Crippen molar-refractivity contribution in [3.63, 3.8) is 0 Å². The molecule has 0 aromatic heterocycles. The van der Waals surface area contributed by atoms with E-state index in [0.29, 0.717) is 5.92 Å². The van der Waals surface area contributed by atoms with E-state index in [1.807, 2.05) is 0 Å². The highest BCUT2D eigenvalue weighted by molar-refractivity contribution is 5.40. The number of benzene rings is 1. The van der Waals surface area contributed by atoms with Crippen LogP contribution in [0.5, 0.6) is 5.75 Å². The third kappa shape index (κ3) is 3.28. The molecule has 3 nitrogen and oxygen atoms in total. The Morgan fingerprint density at radius 3 is 2.74 bits per heavy atom. The fourth-order valence-corrected chi connectivity index (χ4v) is 2.78. The maximum Gasteiger partial charge on any atom is 0.124 e. The van der Waals surface area contributed by atoms with E-state index in [1.54, 1.807) is 7.11 Å². The average Bonchev–Trinajstić information content (AvgIpc) is 2.49. The lowest BCUT2D eigenvalue weighted by Crippen LogP contribution is -2.33. The molecule has 0 radical (unpaired) electrons. The third-order valence-electron chi connectivity index (χ3n) is 3.99. The van der Waals surface area contributed by atoms with Crippen molar-refractivity contribution in [1.29, 1.82) is 0 Å². The van der Waals surface area contributed by atoms with Crippen molar-refractivity contribution >= 4 is 0 Å². The summed E-state index contributed by atoms with van der Waals surface area (Å²) in [6.07, 6.45) is 2.45. The van der Waals surface area contributed by atoms with E-state index < -0.39 is 0 Å². The fourth-order valence-electron chi connectivity index (χ4n) is 2.78. The highest BCUT2D eigenvalue weighted by Crippen LogP contribution is 2.33. The number of rotatable bonds is 5. The van der Waals surface area contributed by atoms with Gasteiger partial charge in [0, 0.05) is 18.7 Å². The second-order valence-electron chi connectivity index (χ2n) is 5.08. The smallest absolute Gasteiger partial charge is 0.124 e. The van der Waals surface area contributed by atoms with Crippen LogP contribution in [0.15, 0.2) is 18.2 Å². The minimum Gasteiger partial charge on any atom is -0.496 e. The summed E-state index contributed by atoms with van der Waals surface area (Å²) in [6, 6.07) is 6.55. The van der Waals surface area contributed by atoms with Gasteiger partial charge in [0.25, 0.3) is 0 Å². The molecular weight excluding hydrogens is 238 g/mol. The molecule has 1 aromatic rings. The summed E-state index contributed by atoms with van der Waals surface area (Å²) < 4.78 is 11.4. The Kier molecular flexibility index (Phi) is 5.23. The molecule has 0 spiro atoms. The van der Waals surface area contributed by atoms with Crippen LogP contribution in [0.25, 0.3) is 0 Å². The molecule has 2 rings (SSSR count). The SMILES string of the molecule is CCC(CC)c1ccc(OC)c(C2CNCCO2)c1. The van der Waals surface area contributed by atoms with Crippen molar-refractivity contribution in [2.75, 3.05) is 26.8 Å². The first-order valence-corrected chi connectivity index (χ1v) is 7.30. The summed E-state index contributed by atoms with van der Waals surface area (Å²) in [6.45, 7) is 7.06. The molecule has 1 fully saturated rings. The van der Waals surface area contributed by atoms with E-state index in [2.05, 4.69) is 37.4 Å². The quantitative estimate of drug-likeness (QED) is 0.884. The van der Waals surface area contributed by atoms with Crippen LogP contribution in [0.3, 0.4) is 0 Å². The molecule has 1 atom stereocenters. The van der Waals surface area contributed by atoms with Gasteiger partial charge in [-0.1, -0.05) is 19.9 Å². The monoisotopic (exact) mass is 263 g/mol. The fraction of sp³-hybridized carbons (Fsp3) is 0.625. The van der Waals surface area contributed by atoms with Gasteiger partial charge in [0.1, 0.15) is 5.75 Å². The number of methoxy groups -OCH3 is 1. The molecule has 19 heavy (non-hydrogen) atoms. The van der Waals surface area contributed by atoms with Crippen LogP contribution in [0.1, 0.15) is 49.8 Å². The van der Waals surface area contributed by atoms with E-state index in [1.165, 1.54) is 24.0 Å². The Morgan fingerprint density at radius 2 is 2.16 bits per heavy atom. The normalized spacial score (nSPS) is 19.7. The molecule has 3 heteroatoms. The Hall–Kier alpha value is -1.06. The van der Waals surface area contributed by atoms with Gasteiger partial charge in [0.05, 0.1) is 19.8 Å². The minimum atomic E-state index is 0.109. The highest BCUT2D eigenvalue weighted by Gasteiger charge is 2.21. The molecule has 1 unspecified atom stereocenters. The van der Waals surface area contributed by atoms with Crippen molar-refractivity contribution < 1.29 is 9.47 Å². The largest absolute Gasteiger partial charge is 0.496 e. The average molecular weight is 263 g/mol. The van der Waals surface area contributed by atoms with Crippen LogP contribution in [0.4, 0.5) is 0 Å². The van der Waals surface area contributed by atoms with Gasteiger partial charge in [0.2, 0.25) is 0 Å².